The van der Waals surface area contributed by atoms with Crippen molar-refractivity contribution >= 4 is 0 Å². The summed E-state index contributed by atoms with van der Waals surface area (Å²) in [5.41, 5.74) is 1.99. The highest BCUT2D eigenvalue weighted by molar-refractivity contribution is 5.48. The fourth-order valence-electron chi connectivity index (χ4n) is 2.57. The van der Waals surface area contributed by atoms with Gasteiger partial charge in [0.1, 0.15) is 17.1 Å². The van der Waals surface area contributed by atoms with E-state index >= 15 is 0 Å². The SMILES string of the molecule is CCc1cc2c(cc1O)C(C)CC(C)(C)O2. The molecule has 2 rings (SSSR count). The molecule has 1 aromatic carbocycles. The Morgan fingerprint density at radius 1 is 1.44 bits per heavy atom. The van der Waals surface area contributed by atoms with Crippen LogP contribution in [0.25, 0.3) is 0 Å². The van der Waals surface area contributed by atoms with E-state index in [1.165, 1.54) is 0 Å². The minimum atomic E-state index is -0.103. The molecule has 0 amide bonds. The molecule has 0 bridgehead atoms. The van der Waals surface area contributed by atoms with Crippen molar-refractivity contribution in [3.63, 3.8) is 0 Å². The topological polar surface area (TPSA) is 29.5 Å². The number of aryl methyl sites for hydroxylation is 1. The first kappa shape index (κ1) is 11.3. The summed E-state index contributed by atoms with van der Waals surface area (Å²) in [6.07, 6.45) is 1.82. The lowest BCUT2D eigenvalue weighted by Gasteiger charge is -2.36. The van der Waals surface area contributed by atoms with Gasteiger partial charge in [0.2, 0.25) is 0 Å². The number of hydrogen-bond acceptors (Lipinski definition) is 2. The summed E-state index contributed by atoms with van der Waals surface area (Å²) in [5, 5.41) is 9.86. The Kier molecular flexibility index (Phi) is 2.61. The molecule has 1 aliphatic rings. The Morgan fingerprint density at radius 2 is 2.12 bits per heavy atom. The van der Waals surface area contributed by atoms with Gasteiger partial charge in [0, 0.05) is 5.56 Å². The zero-order valence-corrected chi connectivity index (χ0v) is 10.5. The molecule has 1 N–H and O–H groups in total. The highest BCUT2D eigenvalue weighted by Crippen LogP contribution is 2.43. The van der Waals surface area contributed by atoms with Crippen molar-refractivity contribution in [3.8, 4) is 11.5 Å². The lowest BCUT2D eigenvalue weighted by Crippen LogP contribution is -2.34. The van der Waals surface area contributed by atoms with Crippen molar-refractivity contribution in [2.24, 2.45) is 0 Å². The van der Waals surface area contributed by atoms with Crippen molar-refractivity contribution in [2.75, 3.05) is 0 Å². The second-order valence-corrected chi connectivity index (χ2v) is 5.34. The first-order valence-electron chi connectivity index (χ1n) is 5.98. The maximum absolute atomic E-state index is 9.86. The van der Waals surface area contributed by atoms with Crippen molar-refractivity contribution in [1.29, 1.82) is 0 Å². The summed E-state index contributed by atoms with van der Waals surface area (Å²) < 4.78 is 5.98. The van der Waals surface area contributed by atoms with Crippen LogP contribution in [0, 0.1) is 0 Å². The van der Waals surface area contributed by atoms with Crippen LogP contribution in [-0.4, -0.2) is 10.7 Å². The standard InChI is InChI=1S/C14H20O2/c1-5-10-6-13-11(7-12(10)15)9(2)8-14(3,4)16-13/h6-7,9,15H,5,8H2,1-4H3. The molecule has 1 aromatic rings. The van der Waals surface area contributed by atoms with E-state index in [9.17, 15) is 5.11 Å². The fourth-order valence-corrected chi connectivity index (χ4v) is 2.57. The van der Waals surface area contributed by atoms with Gasteiger partial charge in [0.15, 0.2) is 0 Å². The van der Waals surface area contributed by atoms with E-state index in [0.717, 1.165) is 29.7 Å². The van der Waals surface area contributed by atoms with Gasteiger partial charge in [0.05, 0.1) is 0 Å². The van der Waals surface area contributed by atoms with Gasteiger partial charge in [0.25, 0.3) is 0 Å². The monoisotopic (exact) mass is 220 g/mol. The number of fused-ring (bicyclic) bond motifs is 1. The molecule has 0 radical (unpaired) electrons. The molecule has 1 unspecified atom stereocenters. The number of phenols is 1. The van der Waals surface area contributed by atoms with Crippen LogP contribution in [0.4, 0.5) is 0 Å². The molecule has 1 atom stereocenters. The van der Waals surface area contributed by atoms with Crippen LogP contribution in [0.5, 0.6) is 11.5 Å². The van der Waals surface area contributed by atoms with Crippen LogP contribution in [0.3, 0.4) is 0 Å². The highest BCUT2D eigenvalue weighted by Gasteiger charge is 2.31. The molecule has 0 aromatic heterocycles. The zero-order chi connectivity index (χ0) is 11.9. The van der Waals surface area contributed by atoms with Gasteiger partial charge in [-0.25, -0.2) is 0 Å². The largest absolute Gasteiger partial charge is 0.508 e. The Morgan fingerprint density at radius 3 is 2.75 bits per heavy atom. The van der Waals surface area contributed by atoms with Gasteiger partial charge < -0.3 is 9.84 Å². The van der Waals surface area contributed by atoms with Crippen LogP contribution in [-0.2, 0) is 6.42 Å². The van der Waals surface area contributed by atoms with Crippen LogP contribution in [0.15, 0.2) is 12.1 Å². The van der Waals surface area contributed by atoms with Gasteiger partial charge in [-0.15, -0.1) is 0 Å². The predicted molar refractivity (Wildman–Crippen MR) is 65.2 cm³/mol. The molecular formula is C14H20O2. The molecule has 2 heteroatoms. The molecule has 0 aliphatic carbocycles. The summed E-state index contributed by atoms with van der Waals surface area (Å²) in [6, 6.07) is 3.86. The lowest BCUT2D eigenvalue weighted by molar-refractivity contribution is 0.0743. The Bertz CT molecular complexity index is 407. The molecule has 1 aliphatic heterocycles. The zero-order valence-electron chi connectivity index (χ0n) is 10.5. The molecule has 0 spiro atoms. The third kappa shape index (κ3) is 1.89. The number of phenolic OH excluding ortho intramolecular Hbond substituents is 1. The molecule has 2 nitrogen and oxygen atoms in total. The van der Waals surface area contributed by atoms with Gasteiger partial charge in [-0.2, -0.15) is 0 Å². The quantitative estimate of drug-likeness (QED) is 0.783. The summed E-state index contributed by atoms with van der Waals surface area (Å²) >= 11 is 0. The first-order valence-corrected chi connectivity index (χ1v) is 5.98. The van der Waals surface area contributed by atoms with Crippen LogP contribution >= 0.6 is 0 Å². The third-order valence-electron chi connectivity index (χ3n) is 3.31. The molecule has 0 saturated carbocycles. The average molecular weight is 220 g/mol. The Hall–Kier alpha value is -1.18. The summed E-state index contributed by atoms with van der Waals surface area (Å²) in [6.45, 7) is 8.46. The molecular weight excluding hydrogens is 200 g/mol. The van der Waals surface area contributed by atoms with Crippen molar-refractivity contribution in [3.05, 3.63) is 23.3 Å². The minimum Gasteiger partial charge on any atom is -0.508 e. The molecule has 88 valence electrons. The summed E-state index contributed by atoms with van der Waals surface area (Å²) in [7, 11) is 0. The lowest BCUT2D eigenvalue weighted by atomic mass is 9.85. The van der Waals surface area contributed by atoms with Crippen LogP contribution < -0.4 is 4.74 Å². The normalized spacial score (nSPS) is 22.4. The van der Waals surface area contributed by atoms with E-state index in [1.807, 2.05) is 19.1 Å². The van der Waals surface area contributed by atoms with Crippen molar-refractivity contribution < 1.29 is 9.84 Å². The average Bonchev–Trinajstić information content (AvgIpc) is 2.17. The van der Waals surface area contributed by atoms with Crippen LogP contribution in [0.2, 0.25) is 0 Å². The fraction of sp³-hybridized carbons (Fsp3) is 0.571. The van der Waals surface area contributed by atoms with E-state index in [0.29, 0.717) is 11.7 Å². The van der Waals surface area contributed by atoms with Crippen molar-refractivity contribution in [1.82, 2.24) is 0 Å². The van der Waals surface area contributed by atoms with E-state index in [4.69, 9.17) is 4.74 Å². The maximum Gasteiger partial charge on any atom is 0.124 e. The highest BCUT2D eigenvalue weighted by atomic mass is 16.5. The van der Waals surface area contributed by atoms with Gasteiger partial charge in [-0.3, -0.25) is 0 Å². The second-order valence-electron chi connectivity index (χ2n) is 5.34. The maximum atomic E-state index is 9.86. The predicted octanol–water partition coefficient (Wildman–Crippen LogP) is 3.62. The third-order valence-corrected chi connectivity index (χ3v) is 3.31. The second kappa shape index (κ2) is 3.69. The molecule has 0 fully saturated rings. The Balaban J connectivity index is 2.49. The van der Waals surface area contributed by atoms with E-state index in [1.54, 1.807) is 0 Å². The number of benzene rings is 1. The van der Waals surface area contributed by atoms with Gasteiger partial charge in [-0.1, -0.05) is 13.8 Å². The molecule has 1 heterocycles. The molecule has 0 saturated heterocycles. The van der Waals surface area contributed by atoms with E-state index in [2.05, 4.69) is 20.8 Å². The Labute approximate surface area is 97.3 Å². The van der Waals surface area contributed by atoms with E-state index in [-0.39, 0.29) is 5.60 Å². The van der Waals surface area contributed by atoms with Crippen molar-refractivity contribution in [2.45, 2.75) is 52.1 Å². The van der Waals surface area contributed by atoms with Gasteiger partial charge >= 0.3 is 0 Å². The minimum absolute atomic E-state index is 0.103. The number of rotatable bonds is 1. The number of hydrogen-bond donors (Lipinski definition) is 1. The summed E-state index contributed by atoms with van der Waals surface area (Å²) in [5.74, 6) is 1.78. The van der Waals surface area contributed by atoms with Crippen LogP contribution in [0.1, 0.15) is 51.2 Å². The van der Waals surface area contributed by atoms with Gasteiger partial charge in [-0.05, 0) is 50.3 Å². The summed E-state index contributed by atoms with van der Waals surface area (Å²) in [4.78, 5) is 0. The molecule has 16 heavy (non-hydrogen) atoms. The number of aromatic hydroxyl groups is 1. The first-order chi connectivity index (χ1) is 7.43. The number of ether oxygens (including phenoxy) is 1. The smallest absolute Gasteiger partial charge is 0.124 e. The van der Waals surface area contributed by atoms with E-state index < -0.39 is 0 Å².